The van der Waals surface area contributed by atoms with Crippen molar-refractivity contribution in [2.45, 2.75) is 86.5 Å². The Morgan fingerprint density at radius 1 is 1.15 bits per heavy atom. The van der Waals surface area contributed by atoms with Crippen LogP contribution in [0.3, 0.4) is 0 Å². The average Bonchev–Trinajstić information content (AvgIpc) is 3.77. The highest BCUT2D eigenvalue weighted by molar-refractivity contribution is 7.17. The van der Waals surface area contributed by atoms with Gasteiger partial charge in [0.25, 0.3) is 11.8 Å². The third-order valence-corrected chi connectivity index (χ3v) is 9.88. The molecule has 2 atom stereocenters. The van der Waals surface area contributed by atoms with Crippen LogP contribution < -0.4 is 10.6 Å². The van der Waals surface area contributed by atoms with E-state index in [2.05, 4.69) is 55.4 Å². The van der Waals surface area contributed by atoms with Crippen LogP contribution in [-0.2, 0) is 17.9 Å². The Morgan fingerprint density at radius 3 is 2.60 bits per heavy atom. The van der Waals surface area contributed by atoms with Crippen molar-refractivity contribution in [3.05, 3.63) is 76.7 Å². The van der Waals surface area contributed by atoms with Crippen LogP contribution in [0.1, 0.15) is 76.5 Å². The molecule has 2 amide bonds. The number of benzene rings is 1. The first-order valence-electron chi connectivity index (χ1n) is 16.3. The van der Waals surface area contributed by atoms with E-state index in [1.165, 1.54) is 23.6 Å². The van der Waals surface area contributed by atoms with E-state index in [1.807, 2.05) is 37.5 Å². The van der Waals surface area contributed by atoms with Gasteiger partial charge < -0.3 is 14.8 Å². The molecule has 0 aliphatic carbocycles. The van der Waals surface area contributed by atoms with Crippen LogP contribution in [0.25, 0.3) is 21.5 Å². The Hall–Kier alpha value is -4.40. The fraction of sp³-hybridized carbons (Fsp3) is 0.432. The van der Waals surface area contributed by atoms with Crippen molar-refractivity contribution in [2.75, 3.05) is 11.9 Å². The molecule has 252 valence electrons. The zero-order valence-electron chi connectivity index (χ0n) is 28.7. The number of rotatable bonds is 9. The maximum atomic E-state index is 13.8. The summed E-state index contributed by atoms with van der Waals surface area (Å²) in [6, 6.07) is 14.9. The van der Waals surface area contributed by atoms with E-state index in [1.54, 1.807) is 29.2 Å². The number of nitriles is 1. The molecule has 11 heteroatoms. The van der Waals surface area contributed by atoms with Gasteiger partial charge in [-0.25, -0.2) is 9.97 Å². The van der Waals surface area contributed by atoms with E-state index < -0.39 is 5.95 Å². The zero-order chi connectivity index (χ0) is 34.8. The first-order chi connectivity index (χ1) is 22.6. The predicted molar refractivity (Wildman–Crippen MR) is 189 cm³/mol. The Bertz CT molecular complexity index is 1890. The highest BCUT2D eigenvalue weighted by Crippen LogP contribution is 2.31. The number of thiophene rings is 1. The summed E-state index contributed by atoms with van der Waals surface area (Å²) in [5, 5.41) is 16.5. The Morgan fingerprint density at radius 2 is 1.92 bits per heavy atom. The minimum absolute atomic E-state index is 0.106. The van der Waals surface area contributed by atoms with E-state index in [0.717, 1.165) is 34.3 Å². The van der Waals surface area contributed by atoms with Crippen LogP contribution in [0.15, 0.2) is 60.3 Å². The lowest BCUT2D eigenvalue weighted by Gasteiger charge is -2.28. The van der Waals surface area contributed by atoms with Crippen molar-refractivity contribution >= 4 is 40.1 Å². The summed E-state index contributed by atoms with van der Waals surface area (Å²) in [7, 11) is 0. The summed E-state index contributed by atoms with van der Waals surface area (Å²) in [6.45, 7) is 16.3. The maximum Gasteiger partial charge on any atom is 0.268 e. The van der Waals surface area contributed by atoms with Crippen LogP contribution in [-0.4, -0.2) is 49.9 Å². The molecule has 0 spiro atoms. The lowest BCUT2D eigenvalue weighted by Crippen LogP contribution is -2.39. The van der Waals surface area contributed by atoms with Gasteiger partial charge in [0.05, 0.1) is 22.0 Å². The SMILES string of the molecule is C[C@H](NCc1ccc2c(c1)nc(NC(=O)c1ccc(-c3ccnc(F)c3)s1)n2C[C@H]1CCCN1C(=O)C(C#N)=CC(C)(C)C)C(C)(C)C. The normalized spacial score (nSPS) is 16.3. The third-order valence-electron chi connectivity index (χ3n) is 8.75. The molecule has 1 aliphatic heterocycles. The molecule has 5 rings (SSSR count). The van der Waals surface area contributed by atoms with Gasteiger partial charge >= 0.3 is 0 Å². The second-order valence-corrected chi connectivity index (χ2v) is 15.7. The van der Waals surface area contributed by atoms with E-state index >= 15 is 0 Å². The number of nitrogens with one attached hydrogen (secondary N) is 2. The second-order valence-electron chi connectivity index (χ2n) is 14.7. The standard InChI is InChI=1S/C37H44FN7O2S/c1-23(37(5,6)7)41-21-24-10-11-29-28(17-24)42-35(43-33(46)31-13-12-30(48-31)25-14-15-40-32(38)18-25)45(29)22-27-9-8-16-44(27)34(47)26(20-39)19-36(2,3)4/h10-15,17-19,23,27,41H,8-9,16,21-22H2,1-7H3,(H,42,43,46)/t23-,27+/m0/s1. The van der Waals surface area contributed by atoms with Crippen LogP contribution >= 0.6 is 11.3 Å². The van der Waals surface area contributed by atoms with Crippen molar-refractivity contribution in [3.8, 4) is 16.5 Å². The Kier molecular flexibility index (Phi) is 10.2. The molecular weight excluding hydrogens is 626 g/mol. The van der Waals surface area contributed by atoms with Crippen molar-refractivity contribution in [1.29, 1.82) is 5.26 Å². The Labute approximate surface area is 285 Å². The molecule has 0 bridgehead atoms. The smallest absolute Gasteiger partial charge is 0.268 e. The molecule has 1 aliphatic rings. The van der Waals surface area contributed by atoms with Gasteiger partial charge in [0.2, 0.25) is 11.9 Å². The highest BCUT2D eigenvalue weighted by Gasteiger charge is 2.33. The Balaban J connectivity index is 1.46. The molecule has 3 aromatic heterocycles. The molecule has 1 saturated heterocycles. The predicted octanol–water partition coefficient (Wildman–Crippen LogP) is 7.56. The number of amides is 2. The molecule has 4 heterocycles. The monoisotopic (exact) mass is 669 g/mol. The van der Waals surface area contributed by atoms with Gasteiger partial charge in [-0.05, 0) is 72.1 Å². The fourth-order valence-electron chi connectivity index (χ4n) is 5.71. The molecule has 9 nitrogen and oxygen atoms in total. The number of imidazole rings is 1. The van der Waals surface area contributed by atoms with Crippen molar-refractivity contribution in [1.82, 2.24) is 24.8 Å². The number of hydrogen-bond donors (Lipinski definition) is 2. The molecule has 4 aromatic rings. The molecule has 0 unspecified atom stereocenters. The number of hydrogen-bond acceptors (Lipinski definition) is 7. The number of fused-ring (bicyclic) bond motifs is 1. The van der Waals surface area contributed by atoms with Gasteiger partial charge in [0, 0.05) is 42.8 Å². The number of halogens is 1. The number of anilines is 1. The van der Waals surface area contributed by atoms with E-state index in [-0.39, 0.29) is 40.3 Å². The van der Waals surface area contributed by atoms with Crippen LogP contribution in [0, 0.1) is 28.1 Å². The first-order valence-corrected chi connectivity index (χ1v) is 17.1. The van der Waals surface area contributed by atoms with Gasteiger partial charge in [-0.3, -0.25) is 14.9 Å². The van der Waals surface area contributed by atoms with E-state index in [9.17, 15) is 19.2 Å². The molecular formula is C37H44FN7O2S. The van der Waals surface area contributed by atoms with Gasteiger partial charge in [-0.1, -0.05) is 53.7 Å². The number of aromatic nitrogens is 3. The summed E-state index contributed by atoms with van der Waals surface area (Å²) in [4.78, 5) is 38.7. The lowest BCUT2D eigenvalue weighted by molar-refractivity contribution is -0.127. The summed E-state index contributed by atoms with van der Waals surface area (Å²) >= 11 is 1.25. The topological polar surface area (TPSA) is 116 Å². The van der Waals surface area contributed by atoms with E-state index in [4.69, 9.17) is 4.98 Å². The molecule has 1 fully saturated rings. The minimum Gasteiger partial charge on any atom is -0.333 e. The molecule has 0 radical (unpaired) electrons. The number of likely N-dealkylation sites (tertiary alicyclic amines) is 1. The quantitative estimate of drug-likeness (QED) is 0.108. The number of carbonyl (C=O) groups excluding carboxylic acids is 2. The van der Waals surface area contributed by atoms with Gasteiger partial charge in [0.15, 0.2) is 0 Å². The van der Waals surface area contributed by atoms with Crippen LogP contribution in [0.2, 0.25) is 0 Å². The van der Waals surface area contributed by atoms with Crippen molar-refractivity contribution in [2.24, 2.45) is 10.8 Å². The van der Waals surface area contributed by atoms with Gasteiger partial charge in [-0.2, -0.15) is 9.65 Å². The first kappa shape index (κ1) is 34.9. The molecule has 2 N–H and O–H groups in total. The number of carbonyl (C=O) groups is 2. The zero-order valence-corrected chi connectivity index (χ0v) is 29.5. The molecule has 1 aromatic carbocycles. The van der Waals surface area contributed by atoms with Crippen molar-refractivity contribution in [3.63, 3.8) is 0 Å². The largest absolute Gasteiger partial charge is 0.333 e. The van der Waals surface area contributed by atoms with Gasteiger partial charge in [0.1, 0.15) is 11.6 Å². The highest BCUT2D eigenvalue weighted by atomic mass is 32.1. The summed E-state index contributed by atoms with van der Waals surface area (Å²) in [5.41, 5.74) is 3.20. The van der Waals surface area contributed by atoms with Crippen molar-refractivity contribution < 1.29 is 14.0 Å². The minimum atomic E-state index is -0.585. The second kappa shape index (κ2) is 14.0. The number of pyridine rings is 1. The van der Waals surface area contributed by atoms with Gasteiger partial charge in [-0.15, -0.1) is 11.3 Å². The third kappa shape index (κ3) is 8.17. The number of allylic oxidation sites excluding steroid dienone is 1. The summed E-state index contributed by atoms with van der Waals surface area (Å²) in [6.07, 6.45) is 4.70. The lowest BCUT2D eigenvalue weighted by atomic mass is 9.88. The summed E-state index contributed by atoms with van der Waals surface area (Å²) in [5.74, 6) is -0.821. The fourth-order valence-corrected chi connectivity index (χ4v) is 6.61. The average molecular weight is 670 g/mol. The summed E-state index contributed by atoms with van der Waals surface area (Å²) < 4.78 is 15.7. The van der Waals surface area contributed by atoms with E-state index in [0.29, 0.717) is 36.0 Å². The molecule has 0 saturated carbocycles. The van der Waals surface area contributed by atoms with Crippen LogP contribution in [0.5, 0.6) is 0 Å². The maximum absolute atomic E-state index is 13.8. The van der Waals surface area contributed by atoms with Crippen LogP contribution in [0.4, 0.5) is 10.3 Å². The number of nitrogens with zero attached hydrogens (tertiary/aromatic N) is 5. The molecule has 48 heavy (non-hydrogen) atoms.